The van der Waals surface area contributed by atoms with E-state index in [1.807, 2.05) is 18.2 Å². The van der Waals surface area contributed by atoms with Crippen LogP contribution in [0.15, 0.2) is 122 Å². The highest BCUT2D eigenvalue weighted by atomic mass is 28.4. The summed E-state index contributed by atoms with van der Waals surface area (Å²) < 4.78 is 27.0. The Bertz CT molecular complexity index is 2590. The first-order valence-electron chi connectivity index (χ1n) is 28.2. The minimum Gasteiger partial charge on any atom is -0.412 e. The van der Waals surface area contributed by atoms with Gasteiger partial charge in [0, 0.05) is 19.4 Å². The zero-order valence-corrected chi connectivity index (χ0v) is 50.1. The van der Waals surface area contributed by atoms with Gasteiger partial charge in [0.25, 0.3) is 23.6 Å². The van der Waals surface area contributed by atoms with E-state index < -0.39 is 16.6 Å². The largest absolute Gasteiger partial charge is 0.412 e. The van der Waals surface area contributed by atoms with E-state index in [1.165, 1.54) is 20.9 Å². The van der Waals surface area contributed by atoms with Crippen LogP contribution in [0.1, 0.15) is 140 Å². The van der Waals surface area contributed by atoms with Gasteiger partial charge >= 0.3 is 0 Å². The highest BCUT2D eigenvalue weighted by Gasteiger charge is 2.48. The number of fused-ring (bicyclic) bond motifs is 2. The van der Waals surface area contributed by atoms with Crippen LogP contribution in [0.4, 0.5) is 0 Å². The zero-order valence-electron chi connectivity index (χ0n) is 48.1. The number of aliphatic hydroxyl groups excluding tert-OH is 1. The molecule has 0 aromatic heterocycles. The number of benzene rings is 4. The third kappa shape index (κ3) is 13.9. The summed E-state index contributed by atoms with van der Waals surface area (Å²) in [5.41, 5.74) is 4.51. The Labute approximate surface area is 462 Å². The number of rotatable bonds is 21. The molecule has 2 fully saturated rings. The fourth-order valence-corrected chi connectivity index (χ4v) is 14.0. The number of hydrogen-bond donors (Lipinski definition) is 1. The van der Waals surface area contributed by atoms with Crippen molar-refractivity contribution in [2.75, 3.05) is 19.7 Å². The van der Waals surface area contributed by atoms with Gasteiger partial charge in [-0.3, -0.25) is 29.0 Å². The summed E-state index contributed by atoms with van der Waals surface area (Å²) in [4.78, 5) is 55.6. The number of imide groups is 2. The van der Waals surface area contributed by atoms with Gasteiger partial charge in [-0.05, 0) is 127 Å². The van der Waals surface area contributed by atoms with E-state index in [2.05, 4.69) is 137 Å². The molecule has 0 bridgehead atoms. The molecule has 4 heterocycles. The number of aliphatic hydroxyl groups is 1. The van der Waals surface area contributed by atoms with E-state index in [-0.39, 0.29) is 95.9 Å². The fourth-order valence-electron chi connectivity index (χ4n) is 11.3. The van der Waals surface area contributed by atoms with Crippen LogP contribution in [0.2, 0.25) is 36.3 Å². The fraction of sp³-hybridized carbons (Fsp3) is 0.531. The number of ether oxygens (including phenoxy) is 2. The molecule has 0 radical (unpaired) electrons. The van der Waals surface area contributed by atoms with Crippen LogP contribution in [0.5, 0.6) is 0 Å². The van der Waals surface area contributed by atoms with Gasteiger partial charge < -0.3 is 23.4 Å². The lowest BCUT2D eigenvalue weighted by Gasteiger charge is -2.40. The van der Waals surface area contributed by atoms with Crippen LogP contribution in [-0.2, 0) is 31.2 Å². The van der Waals surface area contributed by atoms with Gasteiger partial charge in [0.2, 0.25) is 0 Å². The summed E-state index contributed by atoms with van der Waals surface area (Å²) in [5, 5.41) is 9.76. The van der Waals surface area contributed by atoms with E-state index in [1.54, 1.807) is 48.5 Å². The maximum atomic E-state index is 13.2. The second-order valence-corrected chi connectivity index (χ2v) is 34.7. The minimum absolute atomic E-state index is 0.00272. The van der Waals surface area contributed by atoms with Crippen molar-refractivity contribution in [1.82, 2.24) is 9.80 Å². The average Bonchev–Trinajstić information content (AvgIpc) is 4.03. The predicted octanol–water partition coefficient (Wildman–Crippen LogP) is 13.0. The molecule has 13 heteroatoms. The highest BCUT2D eigenvalue weighted by Crippen LogP contribution is 2.44. The van der Waals surface area contributed by atoms with Crippen LogP contribution < -0.4 is 0 Å². The van der Waals surface area contributed by atoms with Crippen molar-refractivity contribution in [2.24, 2.45) is 23.7 Å². The van der Waals surface area contributed by atoms with Gasteiger partial charge in [-0.25, -0.2) is 0 Å². The number of aryl methyl sites for hydroxylation is 2. The Hall–Kier alpha value is -4.87. The van der Waals surface area contributed by atoms with Crippen molar-refractivity contribution >= 4 is 40.3 Å². The molecule has 0 saturated carbocycles. The number of amides is 4. The second kappa shape index (κ2) is 25.1. The molecule has 77 heavy (non-hydrogen) atoms. The molecule has 4 amide bonds. The van der Waals surface area contributed by atoms with Gasteiger partial charge in [-0.15, -0.1) is 6.58 Å². The summed E-state index contributed by atoms with van der Waals surface area (Å²) in [5.74, 6) is 0.254. The molecule has 11 nitrogen and oxygen atoms in total. The third-order valence-corrected chi connectivity index (χ3v) is 27.1. The maximum absolute atomic E-state index is 13.2. The molecule has 4 aliphatic rings. The van der Waals surface area contributed by atoms with Gasteiger partial charge in [-0.1, -0.05) is 146 Å². The number of hydrogen-bond acceptors (Lipinski definition) is 9. The van der Waals surface area contributed by atoms with Crippen molar-refractivity contribution in [3.63, 3.8) is 0 Å². The van der Waals surface area contributed by atoms with E-state index in [4.69, 9.17) is 18.3 Å². The van der Waals surface area contributed by atoms with E-state index in [0.717, 1.165) is 25.7 Å². The Morgan fingerprint density at radius 1 is 0.545 bits per heavy atom. The third-order valence-electron chi connectivity index (χ3n) is 18.0. The molecule has 10 atom stereocenters. The molecule has 2 saturated heterocycles. The Morgan fingerprint density at radius 3 is 1.26 bits per heavy atom. The quantitative estimate of drug-likeness (QED) is 0.0492. The van der Waals surface area contributed by atoms with Gasteiger partial charge in [-0.2, -0.15) is 0 Å². The zero-order chi connectivity index (χ0) is 56.0. The van der Waals surface area contributed by atoms with Gasteiger partial charge in [0.15, 0.2) is 16.6 Å². The lowest BCUT2D eigenvalue weighted by Crippen LogP contribution is -2.49. The first-order chi connectivity index (χ1) is 36.3. The van der Waals surface area contributed by atoms with Crippen molar-refractivity contribution in [2.45, 2.75) is 173 Å². The molecule has 4 aromatic rings. The molecule has 1 N–H and O–H groups in total. The molecular weight excluding hydrogens is 997 g/mol. The van der Waals surface area contributed by atoms with Crippen LogP contribution in [0.3, 0.4) is 0 Å². The Kier molecular flexibility index (Phi) is 19.5. The lowest BCUT2D eigenvalue weighted by atomic mass is 9.82. The summed E-state index contributed by atoms with van der Waals surface area (Å²) in [6, 6.07) is 35.1. The number of nitrogens with zero attached hydrogens (tertiary/aromatic N) is 2. The van der Waals surface area contributed by atoms with Crippen molar-refractivity contribution in [3.05, 3.63) is 155 Å². The first kappa shape index (κ1) is 59.8. The molecule has 0 aliphatic carbocycles. The topological polar surface area (TPSA) is 132 Å². The second-order valence-electron chi connectivity index (χ2n) is 25.2. The SMILES string of the molecule is C=C[C@@H]1OC(CC(CN2C(=O)c3ccccc3C2=O)O[Si](C)(C)C(C)(C)C)[C@H](C)C1CCc1ccccc1.C[C@H]1C(CC(CN2C(=O)c3ccccc3C2=O)O[Si](C)(C)C(C)(C)C)O[C@@H](CCO)C1CCc1ccccc1. The number of carbonyl (C=O) groups is 4. The Balaban J connectivity index is 0.000000224. The monoisotopic (exact) mass is 1080 g/mol. The molecule has 4 aliphatic heterocycles. The summed E-state index contributed by atoms with van der Waals surface area (Å²) in [6.07, 6.45) is 6.94. The molecule has 416 valence electrons. The lowest BCUT2D eigenvalue weighted by molar-refractivity contribution is -0.0113. The average molecular weight is 1090 g/mol. The summed E-state index contributed by atoms with van der Waals surface area (Å²) in [7, 11) is -4.40. The smallest absolute Gasteiger partial charge is 0.261 e. The normalized spacial score (nSPS) is 24.4. The van der Waals surface area contributed by atoms with Gasteiger partial charge in [0.1, 0.15) is 0 Å². The van der Waals surface area contributed by atoms with E-state index in [9.17, 15) is 24.3 Å². The Morgan fingerprint density at radius 2 is 0.896 bits per heavy atom. The standard InChI is InChI=1S/C32H45NO5Si.C32H43NO4Si/c1-22-25(17-16-23-12-8-7-9-13-23)28(18-19-34)37-29(22)20-24(38-39(5,6)32(2,3)4)21-33-30(35)26-14-10-11-15-27(26)31(33)36;1-8-28-25(19-18-23-14-10-9-11-15-23)22(2)29(36-28)20-24(37-38(6,7)32(3,4)5)21-33-30(34)26-16-12-13-17-27(26)31(33)35/h7-15,22,24-25,28-29,34H,16-21H2,1-6H3;8-17,22,24-25,28-29H,1,18-21H2,2-7H3/t2*22-,24?,25?,28+,29?/m11/s1. The van der Waals surface area contributed by atoms with E-state index >= 15 is 0 Å². The summed E-state index contributed by atoms with van der Waals surface area (Å²) >= 11 is 0. The van der Waals surface area contributed by atoms with Crippen molar-refractivity contribution in [3.8, 4) is 0 Å². The maximum Gasteiger partial charge on any atom is 0.261 e. The first-order valence-corrected chi connectivity index (χ1v) is 34.1. The number of carbonyl (C=O) groups excluding carboxylic acids is 4. The van der Waals surface area contributed by atoms with Crippen LogP contribution in [0, 0.1) is 23.7 Å². The van der Waals surface area contributed by atoms with Crippen LogP contribution in [-0.4, -0.2) is 111 Å². The molecule has 6 unspecified atom stereocenters. The molecule has 8 rings (SSSR count). The highest BCUT2D eigenvalue weighted by molar-refractivity contribution is 6.74. The van der Waals surface area contributed by atoms with Crippen molar-refractivity contribution < 1.29 is 42.6 Å². The van der Waals surface area contributed by atoms with Crippen LogP contribution >= 0.6 is 0 Å². The van der Waals surface area contributed by atoms with Gasteiger partial charge in [0.05, 0.1) is 72.0 Å². The predicted molar refractivity (Wildman–Crippen MR) is 311 cm³/mol. The summed E-state index contributed by atoms with van der Waals surface area (Å²) in [6.45, 7) is 31.2. The van der Waals surface area contributed by atoms with Crippen molar-refractivity contribution in [1.29, 1.82) is 0 Å². The molecule has 4 aromatic carbocycles. The molecular formula is C64H88N2O9Si2. The van der Waals surface area contributed by atoms with E-state index in [0.29, 0.717) is 59.3 Å². The minimum atomic E-state index is -2.21. The molecule has 0 spiro atoms. The van der Waals surface area contributed by atoms with Crippen LogP contribution in [0.25, 0.3) is 0 Å².